The molecule has 5 rings (SSSR count). The average molecular weight is 468 g/mol. The standard InChI is InChI=1S/C22H19F3N8O/c1-11(12-3-6-17(27-10-12)22(23,24)25)33-20-18(16(9-26)31-33)21(34)29-19(28-20)14-5-4-13(14)15-7-8-32(2)30-15/h3,6-8,10-11,13-14H,4-5H2,1-2H3,(H,28,29,34)/t11-,13?,14?/m0/s1. The summed E-state index contributed by atoms with van der Waals surface area (Å²) in [6.07, 6.45) is 0.139. The summed E-state index contributed by atoms with van der Waals surface area (Å²) in [7, 11) is 1.84. The Morgan fingerprint density at radius 2 is 1.97 bits per heavy atom. The summed E-state index contributed by atoms with van der Waals surface area (Å²) in [6, 6.07) is 5.42. The number of aromatic amines is 1. The van der Waals surface area contributed by atoms with E-state index in [1.54, 1.807) is 11.6 Å². The van der Waals surface area contributed by atoms with Crippen LogP contribution < -0.4 is 5.56 Å². The molecule has 1 aliphatic carbocycles. The highest BCUT2D eigenvalue weighted by molar-refractivity contribution is 5.80. The van der Waals surface area contributed by atoms with E-state index in [1.807, 2.05) is 25.4 Å². The van der Waals surface area contributed by atoms with Gasteiger partial charge >= 0.3 is 6.18 Å². The molecule has 174 valence electrons. The maximum atomic E-state index is 12.9. The van der Waals surface area contributed by atoms with Gasteiger partial charge in [0, 0.05) is 31.3 Å². The number of pyridine rings is 1. The monoisotopic (exact) mass is 468 g/mol. The van der Waals surface area contributed by atoms with Crippen LogP contribution >= 0.6 is 0 Å². The molecule has 0 spiro atoms. The van der Waals surface area contributed by atoms with E-state index >= 15 is 0 Å². The molecule has 9 nitrogen and oxygen atoms in total. The van der Waals surface area contributed by atoms with E-state index in [9.17, 15) is 23.2 Å². The zero-order valence-electron chi connectivity index (χ0n) is 18.2. The van der Waals surface area contributed by atoms with Crippen LogP contribution in [0.25, 0.3) is 11.0 Å². The predicted octanol–water partition coefficient (Wildman–Crippen LogP) is 3.41. The van der Waals surface area contributed by atoms with Gasteiger partial charge in [-0.3, -0.25) is 14.5 Å². The summed E-state index contributed by atoms with van der Waals surface area (Å²) in [5, 5.41) is 18.3. The molecule has 34 heavy (non-hydrogen) atoms. The number of H-pyrrole nitrogens is 1. The number of alkyl halides is 3. The zero-order chi connectivity index (χ0) is 24.2. The molecule has 4 aromatic heterocycles. The maximum Gasteiger partial charge on any atom is 0.433 e. The van der Waals surface area contributed by atoms with Gasteiger partial charge in [0.15, 0.2) is 11.3 Å². The molecule has 3 atom stereocenters. The Hall–Kier alpha value is -4.01. The number of halogens is 3. The Morgan fingerprint density at radius 3 is 2.53 bits per heavy atom. The second-order valence-corrected chi connectivity index (χ2v) is 8.41. The lowest BCUT2D eigenvalue weighted by atomic mass is 9.71. The van der Waals surface area contributed by atoms with Crippen LogP contribution in [0.2, 0.25) is 0 Å². The van der Waals surface area contributed by atoms with Crippen LogP contribution in [0.5, 0.6) is 0 Å². The van der Waals surface area contributed by atoms with Crippen molar-refractivity contribution in [3.05, 3.63) is 69.4 Å². The van der Waals surface area contributed by atoms with E-state index in [0.29, 0.717) is 11.4 Å². The molecule has 1 fully saturated rings. The smallest absolute Gasteiger partial charge is 0.310 e. The van der Waals surface area contributed by atoms with Crippen molar-refractivity contribution in [2.45, 2.75) is 43.8 Å². The van der Waals surface area contributed by atoms with Crippen LogP contribution in [0.4, 0.5) is 13.2 Å². The highest BCUT2D eigenvalue weighted by Gasteiger charge is 2.37. The first-order valence-corrected chi connectivity index (χ1v) is 10.6. The van der Waals surface area contributed by atoms with Gasteiger partial charge < -0.3 is 4.98 Å². The van der Waals surface area contributed by atoms with Crippen molar-refractivity contribution in [3.8, 4) is 6.07 Å². The molecule has 12 heteroatoms. The van der Waals surface area contributed by atoms with E-state index in [2.05, 4.69) is 25.1 Å². The third kappa shape index (κ3) is 3.53. The predicted molar refractivity (Wildman–Crippen MR) is 114 cm³/mol. The van der Waals surface area contributed by atoms with Gasteiger partial charge in [0.25, 0.3) is 5.56 Å². The molecule has 4 heterocycles. The number of aromatic nitrogens is 7. The second kappa shape index (κ2) is 7.79. The first kappa shape index (κ1) is 21.8. The summed E-state index contributed by atoms with van der Waals surface area (Å²) < 4.78 is 41.8. The topological polar surface area (TPSA) is 118 Å². The summed E-state index contributed by atoms with van der Waals surface area (Å²) in [4.78, 5) is 23.9. The number of nitrogens with one attached hydrogen (secondary N) is 1. The molecule has 1 N–H and O–H groups in total. The van der Waals surface area contributed by atoms with Crippen molar-refractivity contribution in [2.24, 2.45) is 7.05 Å². The van der Waals surface area contributed by atoms with Crippen LogP contribution in [-0.2, 0) is 13.2 Å². The number of nitrogens with zero attached hydrogens (tertiary/aromatic N) is 7. The van der Waals surface area contributed by atoms with Crippen LogP contribution in [0.15, 0.2) is 35.4 Å². The Bertz CT molecular complexity index is 1480. The van der Waals surface area contributed by atoms with Crippen molar-refractivity contribution in [1.29, 1.82) is 5.26 Å². The van der Waals surface area contributed by atoms with Crippen molar-refractivity contribution >= 4 is 11.0 Å². The first-order chi connectivity index (χ1) is 16.2. The lowest BCUT2D eigenvalue weighted by Gasteiger charge is -2.34. The van der Waals surface area contributed by atoms with E-state index in [1.165, 1.54) is 10.7 Å². The molecule has 0 aromatic carbocycles. The lowest BCUT2D eigenvalue weighted by Crippen LogP contribution is -2.27. The van der Waals surface area contributed by atoms with Gasteiger partial charge in [-0.25, -0.2) is 9.67 Å². The molecule has 0 radical (unpaired) electrons. The fraction of sp³-hybridized carbons (Fsp3) is 0.364. The number of rotatable bonds is 4. The van der Waals surface area contributed by atoms with Crippen LogP contribution in [0, 0.1) is 11.3 Å². The van der Waals surface area contributed by atoms with Crippen LogP contribution in [-0.4, -0.2) is 34.5 Å². The fourth-order valence-electron chi connectivity index (χ4n) is 4.36. The molecule has 2 unspecified atom stereocenters. The number of nitriles is 1. The molecule has 0 aliphatic heterocycles. The molecule has 4 aromatic rings. The second-order valence-electron chi connectivity index (χ2n) is 8.41. The SMILES string of the molecule is C[C@@H](c1ccc(C(F)(F)F)nc1)n1nc(C#N)c2c(=O)[nH]c(C3CCC3c3ccn(C)n3)nc21. The summed E-state index contributed by atoms with van der Waals surface area (Å²) in [6.45, 7) is 1.69. The molecule has 1 saturated carbocycles. The fourth-order valence-corrected chi connectivity index (χ4v) is 4.36. The van der Waals surface area contributed by atoms with E-state index in [-0.39, 0.29) is 28.6 Å². The van der Waals surface area contributed by atoms with Gasteiger partial charge in [0.2, 0.25) is 0 Å². The highest BCUT2D eigenvalue weighted by atomic mass is 19.4. The van der Waals surface area contributed by atoms with Crippen LogP contribution in [0.1, 0.15) is 66.1 Å². The van der Waals surface area contributed by atoms with Crippen molar-refractivity contribution < 1.29 is 13.2 Å². The quantitative estimate of drug-likeness (QED) is 0.490. The highest BCUT2D eigenvalue weighted by Crippen LogP contribution is 2.47. The minimum atomic E-state index is -4.55. The van der Waals surface area contributed by atoms with Gasteiger partial charge in [0.1, 0.15) is 23.0 Å². The average Bonchev–Trinajstić information content (AvgIpc) is 3.35. The molecule has 1 aliphatic rings. The third-order valence-electron chi connectivity index (χ3n) is 6.35. The minimum absolute atomic E-state index is 0.0479. The van der Waals surface area contributed by atoms with E-state index < -0.39 is 23.5 Å². The van der Waals surface area contributed by atoms with Crippen LogP contribution in [0.3, 0.4) is 0 Å². The largest absolute Gasteiger partial charge is 0.433 e. The molecule has 0 bridgehead atoms. The zero-order valence-corrected chi connectivity index (χ0v) is 18.2. The van der Waals surface area contributed by atoms with Gasteiger partial charge in [-0.2, -0.15) is 28.6 Å². The molecular weight excluding hydrogens is 449 g/mol. The Balaban J connectivity index is 1.57. The third-order valence-corrected chi connectivity index (χ3v) is 6.35. The maximum absolute atomic E-state index is 12.9. The van der Waals surface area contributed by atoms with Gasteiger partial charge in [-0.15, -0.1) is 0 Å². The first-order valence-electron chi connectivity index (χ1n) is 10.6. The minimum Gasteiger partial charge on any atom is -0.310 e. The normalized spacial score (nSPS) is 19.1. The Morgan fingerprint density at radius 1 is 1.21 bits per heavy atom. The molecule has 0 saturated heterocycles. The lowest BCUT2D eigenvalue weighted by molar-refractivity contribution is -0.141. The summed E-state index contributed by atoms with van der Waals surface area (Å²) in [5.74, 6) is 0.525. The van der Waals surface area contributed by atoms with Crippen molar-refractivity contribution in [3.63, 3.8) is 0 Å². The van der Waals surface area contributed by atoms with Crippen molar-refractivity contribution in [2.75, 3.05) is 0 Å². The van der Waals surface area contributed by atoms with E-state index in [4.69, 9.17) is 0 Å². The van der Waals surface area contributed by atoms with Gasteiger partial charge in [-0.1, -0.05) is 6.07 Å². The summed E-state index contributed by atoms with van der Waals surface area (Å²) >= 11 is 0. The van der Waals surface area contributed by atoms with Gasteiger partial charge in [0.05, 0.1) is 11.7 Å². The van der Waals surface area contributed by atoms with Crippen molar-refractivity contribution in [1.82, 2.24) is 34.5 Å². The number of hydrogen-bond acceptors (Lipinski definition) is 6. The Kier molecular flexibility index (Phi) is 5.00. The number of fused-ring (bicyclic) bond motifs is 1. The number of hydrogen-bond donors (Lipinski definition) is 1. The molecule has 0 amide bonds. The Labute approximate surface area is 190 Å². The van der Waals surface area contributed by atoms with E-state index in [0.717, 1.165) is 30.8 Å². The summed E-state index contributed by atoms with van der Waals surface area (Å²) in [5.41, 5.74) is -0.0372. The number of aryl methyl sites for hydroxylation is 1. The van der Waals surface area contributed by atoms with Gasteiger partial charge in [-0.05, 0) is 37.5 Å². The molecular formula is C22H19F3N8O.